The first-order valence-corrected chi connectivity index (χ1v) is 9.57. The van der Waals surface area contributed by atoms with Gasteiger partial charge in [-0.2, -0.15) is 0 Å². The Morgan fingerprint density at radius 2 is 1.08 bits per heavy atom. The molecular weight excluding hydrogens is 318 g/mol. The number of ether oxygens (including phenoxy) is 1. The van der Waals surface area contributed by atoms with E-state index in [0.29, 0.717) is 6.10 Å². The van der Waals surface area contributed by atoms with Gasteiger partial charge in [-0.15, -0.1) is 0 Å². The molecule has 1 aliphatic rings. The van der Waals surface area contributed by atoms with Gasteiger partial charge in [0, 0.05) is 17.1 Å². The molecule has 3 aromatic rings. The molecule has 0 heterocycles. The zero-order chi connectivity index (χ0) is 17.6. The molecule has 2 nitrogen and oxygen atoms in total. The molecule has 3 aromatic carbocycles. The molecule has 0 aliphatic heterocycles. The van der Waals surface area contributed by atoms with Crippen LogP contribution in [0.4, 0.5) is 17.1 Å². The summed E-state index contributed by atoms with van der Waals surface area (Å²) in [6, 6.07) is 29.5. The smallest absolute Gasteiger partial charge is 0.119 e. The Balaban J connectivity index is 1.59. The maximum atomic E-state index is 6.18. The van der Waals surface area contributed by atoms with Gasteiger partial charge in [-0.1, -0.05) is 42.8 Å². The number of nitrogens with zero attached hydrogens (tertiary/aromatic N) is 1. The highest BCUT2D eigenvalue weighted by Crippen LogP contribution is 2.35. The number of hydrogen-bond acceptors (Lipinski definition) is 2. The molecule has 0 spiro atoms. The monoisotopic (exact) mass is 343 g/mol. The van der Waals surface area contributed by atoms with Crippen LogP contribution in [0, 0.1) is 0 Å². The van der Waals surface area contributed by atoms with E-state index in [1.807, 2.05) is 12.1 Å². The van der Waals surface area contributed by atoms with Crippen LogP contribution in [0.2, 0.25) is 0 Å². The van der Waals surface area contributed by atoms with Gasteiger partial charge in [-0.3, -0.25) is 0 Å². The van der Waals surface area contributed by atoms with Crippen molar-refractivity contribution in [2.45, 2.75) is 38.2 Å². The maximum absolute atomic E-state index is 6.18. The Kier molecular flexibility index (Phi) is 5.20. The number of para-hydroxylation sites is 2. The molecule has 0 bridgehead atoms. The highest BCUT2D eigenvalue weighted by Gasteiger charge is 2.16. The number of hydrogen-bond donors (Lipinski definition) is 0. The molecule has 26 heavy (non-hydrogen) atoms. The van der Waals surface area contributed by atoms with Gasteiger partial charge < -0.3 is 9.64 Å². The molecule has 0 unspecified atom stereocenters. The first-order chi connectivity index (χ1) is 12.9. The number of rotatable bonds is 5. The molecule has 1 aliphatic carbocycles. The molecule has 0 radical (unpaired) electrons. The van der Waals surface area contributed by atoms with E-state index in [1.165, 1.54) is 32.1 Å². The topological polar surface area (TPSA) is 12.5 Å². The standard InChI is InChI=1S/C24H25NO/c1-4-10-20(11-5-1)25(21-12-6-2-7-13-21)22-16-18-24(19-17-22)26-23-14-8-3-9-15-23/h1-2,4-7,10-13,16-19,23H,3,8-9,14-15H2. The van der Waals surface area contributed by atoms with Crippen LogP contribution in [0.3, 0.4) is 0 Å². The van der Waals surface area contributed by atoms with E-state index < -0.39 is 0 Å². The first kappa shape index (κ1) is 16.7. The summed E-state index contributed by atoms with van der Waals surface area (Å²) in [5.41, 5.74) is 3.44. The molecule has 0 N–H and O–H groups in total. The van der Waals surface area contributed by atoms with Gasteiger partial charge in [-0.25, -0.2) is 0 Å². The maximum Gasteiger partial charge on any atom is 0.119 e. The summed E-state index contributed by atoms with van der Waals surface area (Å²) in [6.07, 6.45) is 6.68. The van der Waals surface area contributed by atoms with Crippen molar-refractivity contribution in [3.8, 4) is 5.75 Å². The van der Waals surface area contributed by atoms with E-state index in [4.69, 9.17) is 4.74 Å². The highest BCUT2D eigenvalue weighted by molar-refractivity contribution is 5.76. The van der Waals surface area contributed by atoms with Gasteiger partial charge in [0.25, 0.3) is 0 Å². The Morgan fingerprint density at radius 3 is 1.62 bits per heavy atom. The predicted molar refractivity (Wildman–Crippen MR) is 109 cm³/mol. The third kappa shape index (κ3) is 3.91. The molecule has 0 saturated heterocycles. The lowest BCUT2D eigenvalue weighted by Gasteiger charge is -2.26. The molecule has 4 rings (SSSR count). The second-order valence-electron chi connectivity index (χ2n) is 6.88. The fourth-order valence-corrected chi connectivity index (χ4v) is 3.65. The summed E-state index contributed by atoms with van der Waals surface area (Å²) in [7, 11) is 0. The van der Waals surface area contributed by atoms with E-state index in [-0.39, 0.29) is 0 Å². The minimum atomic E-state index is 0.383. The van der Waals surface area contributed by atoms with Crippen LogP contribution in [0.1, 0.15) is 32.1 Å². The number of anilines is 3. The van der Waals surface area contributed by atoms with Crippen molar-refractivity contribution < 1.29 is 4.74 Å². The lowest BCUT2D eigenvalue weighted by atomic mass is 9.98. The van der Waals surface area contributed by atoms with Crippen LogP contribution in [-0.2, 0) is 0 Å². The van der Waals surface area contributed by atoms with Crippen LogP contribution in [0.5, 0.6) is 5.75 Å². The zero-order valence-electron chi connectivity index (χ0n) is 15.1. The van der Waals surface area contributed by atoms with Gasteiger partial charge in [0.2, 0.25) is 0 Å². The van der Waals surface area contributed by atoms with E-state index in [1.54, 1.807) is 0 Å². The van der Waals surface area contributed by atoms with Crippen molar-refractivity contribution in [3.05, 3.63) is 84.9 Å². The average Bonchev–Trinajstić information content (AvgIpc) is 2.72. The fourth-order valence-electron chi connectivity index (χ4n) is 3.65. The number of benzene rings is 3. The van der Waals surface area contributed by atoms with Crippen molar-refractivity contribution in [2.75, 3.05) is 4.90 Å². The summed E-state index contributed by atoms with van der Waals surface area (Å²) in [4.78, 5) is 2.27. The quantitative estimate of drug-likeness (QED) is 0.501. The third-order valence-corrected chi connectivity index (χ3v) is 4.98. The van der Waals surface area contributed by atoms with Crippen LogP contribution in [0.25, 0.3) is 0 Å². The summed E-state index contributed by atoms with van der Waals surface area (Å²) in [6.45, 7) is 0. The van der Waals surface area contributed by atoms with Gasteiger partial charge in [-0.05, 0) is 74.2 Å². The van der Waals surface area contributed by atoms with E-state index in [2.05, 4.69) is 77.7 Å². The Morgan fingerprint density at radius 1 is 0.577 bits per heavy atom. The molecule has 1 saturated carbocycles. The molecular formula is C24H25NO. The Bertz CT molecular complexity index is 753. The van der Waals surface area contributed by atoms with Gasteiger partial charge >= 0.3 is 0 Å². The molecule has 2 heteroatoms. The molecule has 0 aromatic heterocycles. The van der Waals surface area contributed by atoms with Crippen molar-refractivity contribution >= 4 is 17.1 Å². The predicted octanol–water partition coefficient (Wildman–Crippen LogP) is 6.87. The van der Waals surface area contributed by atoms with E-state index >= 15 is 0 Å². The van der Waals surface area contributed by atoms with Crippen LogP contribution < -0.4 is 9.64 Å². The second kappa shape index (κ2) is 8.09. The van der Waals surface area contributed by atoms with Crippen molar-refractivity contribution in [1.82, 2.24) is 0 Å². The van der Waals surface area contributed by atoms with Gasteiger partial charge in [0.15, 0.2) is 0 Å². The second-order valence-corrected chi connectivity index (χ2v) is 6.88. The van der Waals surface area contributed by atoms with Crippen molar-refractivity contribution in [3.63, 3.8) is 0 Å². The average molecular weight is 343 g/mol. The third-order valence-electron chi connectivity index (χ3n) is 4.98. The normalized spacial score (nSPS) is 14.8. The summed E-state index contributed by atoms with van der Waals surface area (Å²) >= 11 is 0. The first-order valence-electron chi connectivity index (χ1n) is 9.57. The molecule has 1 fully saturated rings. The Labute approximate surface area is 156 Å². The lowest BCUT2D eigenvalue weighted by Crippen LogP contribution is -2.19. The molecule has 0 amide bonds. The fraction of sp³-hybridized carbons (Fsp3) is 0.250. The Hall–Kier alpha value is -2.74. The van der Waals surface area contributed by atoms with E-state index in [9.17, 15) is 0 Å². The molecule has 132 valence electrons. The highest BCUT2D eigenvalue weighted by atomic mass is 16.5. The lowest BCUT2D eigenvalue weighted by molar-refractivity contribution is 0.155. The van der Waals surface area contributed by atoms with E-state index in [0.717, 1.165) is 22.8 Å². The molecule has 0 atom stereocenters. The summed E-state index contributed by atoms with van der Waals surface area (Å²) < 4.78 is 6.18. The minimum Gasteiger partial charge on any atom is -0.490 e. The van der Waals surface area contributed by atoms with Crippen molar-refractivity contribution in [2.24, 2.45) is 0 Å². The van der Waals surface area contributed by atoms with Crippen molar-refractivity contribution in [1.29, 1.82) is 0 Å². The zero-order valence-corrected chi connectivity index (χ0v) is 15.1. The summed E-state index contributed by atoms with van der Waals surface area (Å²) in [5, 5.41) is 0. The summed E-state index contributed by atoms with van der Waals surface area (Å²) in [5.74, 6) is 0.974. The van der Waals surface area contributed by atoms with Gasteiger partial charge in [0.1, 0.15) is 5.75 Å². The van der Waals surface area contributed by atoms with Crippen LogP contribution >= 0.6 is 0 Å². The van der Waals surface area contributed by atoms with Crippen LogP contribution in [-0.4, -0.2) is 6.10 Å². The largest absolute Gasteiger partial charge is 0.490 e. The van der Waals surface area contributed by atoms with Gasteiger partial charge in [0.05, 0.1) is 6.10 Å². The minimum absolute atomic E-state index is 0.383. The van der Waals surface area contributed by atoms with Crippen LogP contribution in [0.15, 0.2) is 84.9 Å². The SMILES string of the molecule is c1ccc(N(c2ccccc2)c2ccc(OC3CCCCC3)cc2)cc1.